The van der Waals surface area contributed by atoms with Gasteiger partial charge in [0.25, 0.3) is 18.2 Å². The summed E-state index contributed by atoms with van der Waals surface area (Å²) in [6.07, 6.45) is -0.931. The van der Waals surface area contributed by atoms with E-state index in [2.05, 4.69) is 28.5 Å². The van der Waals surface area contributed by atoms with E-state index in [4.69, 9.17) is 0 Å². The minimum Gasteiger partial charge on any atom is -0.275 e. The first kappa shape index (κ1) is 23.6. The summed E-state index contributed by atoms with van der Waals surface area (Å²) < 4.78 is 32.2. The van der Waals surface area contributed by atoms with Crippen molar-refractivity contribution >= 4 is 29.0 Å². The molecule has 0 spiro atoms. The molecule has 1 unspecified atom stereocenters. The zero-order valence-electron chi connectivity index (χ0n) is 18.5. The summed E-state index contributed by atoms with van der Waals surface area (Å²) in [5, 5.41) is 7.60. The number of carbonyl (C=O) groups is 2. The summed E-state index contributed by atoms with van der Waals surface area (Å²) in [4.78, 5) is 28.3. The number of rotatable bonds is 7. The van der Waals surface area contributed by atoms with Crippen molar-refractivity contribution in [2.24, 2.45) is 13.0 Å². The number of amides is 2. The molecular weight excluding hydrogens is 436 g/mol. The van der Waals surface area contributed by atoms with Gasteiger partial charge in [-0.3, -0.25) is 14.3 Å². The molecule has 1 aromatic carbocycles. The molecule has 170 valence electrons. The third-order valence-corrected chi connectivity index (χ3v) is 5.90. The lowest BCUT2D eigenvalue weighted by Crippen LogP contribution is -2.38. The van der Waals surface area contributed by atoms with Gasteiger partial charge in [-0.15, -0.1) is 5.10 Å². The molecule has 0 aliphatic heterocycles. The maximum Gasteiger partial charge on any atom is 0.282 e. The van der Waals surface area contributed by atoms with Crippen LogP contribution in [0.5, 0.6) is 0 Å². The number of anilines is 1. The van der Waals surface area contributed by atoms with Crippen molar-refractivity contribution in [1.29, 1.82) is 0 Å². The van der Waals surface area contributed by atoms with E-state index in [1.54, 1.807) is 19.1 Å². The SMILES string of the molecule is Cc1nnsc1C(=O)N(C(=O)c1cn(C)nc1C(F)F)c1ccccc1C(C)CC(C)C. The largest absolute Gasteiger partial charge is 0.282 e. The molecule has 0 N–H and O–H groups in total. The molecule has 2 heterocycles. The van der Waals surface area contributed by atoms with Crippen LogP contribution in [0, 0.1) is 12.8 Å². The van der Waals surface area contributed by atoms with Crippen molar-refractivity contribution in [2.75, 3.05) is 4.90 Å². The Balaban J connectivity index is 2.19. The zero-order chi connectivity index (χ0) is 23.6. The number of hydrogen-bond donors (Lipinski definition) is 0. The predicted octanol–water partition coefficient (Wildman–Crippen LogP) is 5.15. The first-order valence-corrected chi connectivity index (χ1v) is 11.0. The second-order valence-electron chi connectivity index (χ2n) is 8.12. The number of halogens is 2. The van der Waals surface area contributed by atoms with E-state index in [0.717, 1.165) is 33.1 Å². The zero-order valence-corrected chi connectivity index (χ0v) is 19.4. The van der Waals surface area contributed by atoms with E-state index < -0.39 is 23.9 Å². The van der Waals surface area contributed by atoms with Gasteiger partial charge in [-0.05, 0) is 48.3 Å². The first-order chi connectivity index (χ1) is 15.1. The number of para-hydroxylation sites is 1. The molecule has 0 fully saturated rings. The quantitative estimate of drug-likeness (QED) is 0.454. The van der Waals surface area contributed by atoms with Crippen LogP contribution in [-0.4, -0.2) is 31.2 Å². The predicted molar refractivity (Wildman–Crippen MR) is 118 cm³/mol. The Morgan fingerprint density at radius 3 is 2.44 bits per heavy atom. The Morgan fingerprint density at radius 2 is 1.84 bits per heavy atom. The van der Waals surface area contributed by atoms with Crippen LogP contribution in [0.25, 0.3) is 0 Å². The molecule has 7 nitrogen and oxygen atoms in total. The molecule has 0 radical (unpaired) electrons. The molecule has 3 aromatic rings. The van der Waals surface area contributed by atoms with E-state index in [1.807, 2.05) is 19.1 Å². The first-order valence-electron chi connectivity index (χ1n) is 10.2. The van der Waals surface area contributed by atoms with Gasteiger partial charge in [0.15, 0.2) is 0 Å². The van der Waals surface area contributed by atoms with Gasteiger partial charge in [-0.1, -0.05) is 43.5 Å². The third-order valence-electron chi connectivity index (χ3n) is 5.08. The van der Waals surface area contributed by atoms with Crippen LogP contribution in [0.4, 0.5) is 14.5 Å². The lowest BCUT2D eigenvalue weighted by Gasteiger charge is -2.26. The van der Waals surface area contributed by atoms with Gasteiger partial charge in [-0.25, -0.2) is 13.7 Å². The average molecular weight is 462 g/mol. The normalized spacial score (nSPS) is 12.4. The molecule has 2 aromatic heterocycles. The van der Waals surface area contributed by atoms with Crippen LogP contribution in [0.1, 0.15) is 76.5 Å². The maximum atomic E-state index is 13.6. The molecular formula is C22H25F2N5O2S. The number of nitrogens with zero attached hydrogens (tertiary/aromatic N) is 5. The van der Waals surface area contributed by atoms with Crippen LogP contribution >= 0.6 is 11.5 Å². The highest BCUT2D eigenvalue weighted by atomic mass is 32.1. The van der Waals surface area contributed by atoms with E-state index in [-0.39, 0.29) is 16.4 Å². The van der Waals surface area contributed by atoms with Crippen LogP contribution in [0.3, 0.4) is 0 Å². The van der Waals surface area contributed by atoms with Crippen molar-refractivity contribution in [3.05, 3.63) is 57.9 Å². The minimum atomic E-state index is -2.96. The monoisotopic (exact) mass is 461 g/mol. The second-order valence-corrected chi connectivity index (χ2v) is 8.88. The van der Waals surface area contributed by atoms with Crippen molar-refractivity contribution < 1.29 is 18.4 Å². The number of carbonyl (C=O) groups excluding carboxylic acids is 2. The molecule has 0 saturated heterocycles. The molecule has 3 rings (SSSR count). The molecule has 2 amide bonds. The van der Waals surface area contributed by atoms with Crippen molar-refractivity contribution in [3.63, 3.8) is 0 Å². The molecule has 0 saturated carbocycles. The minimum absolute atomic E-state index is 0.0263. The van der Waals surface area contributed by atoms with E-state index in [9.17, 15) is 18.4 Å². The average Bonchev–Trinajstić information content (AvgIpc) is 3.33. The second kappa shape index (κ2) is 9.64. The Hall–Kier alpha value is -3.01. The third kappa shape index (κ3) is 4.74. The Kier molecular flexibility index (Phi) is 7.12. The fourth-order valence-electron chi connectivity index (χ4n) is 3.73. The van der Waals surface area contributed by atoms with Crippen molar-refractivity contribution in [1.82, 2.24) is 19.4 Å². The topological polar surface area (TPSA) is 81.0 Å². The van der Waals surface area contributed by atoms with Gasteiger partial charge in [0, 0.05) is 13.2 Å². The maximum absolute atomic E-state index is 13.6. The lowest BCUT2D eigenvalue weighted by molar-refractivity contribution is 0.0890. The smallest absolute Gasteiger partial charge is 0.275 e. The Bertz CT molecular complexity index is 1130. The molecule has 32 heavy (non-hydrogen) atoms. The highest BCUT2D eigenvalue weighted by Crippen LogP contribution is 2.34. The van der Waals surface area contributed by atoms with Crippen LogP contribution in [0.2, 0.25) is 0 Å². The van der Waals surface area contributed by atoms with E-state index in [0.29, 0.717) is 17.3 Å². The van der Waals surface area contributed by atoms with Crippen LogP contribution in [0.15, 0.2) is 30.5 Å². The molecule has 0 aliphatic carbocycles. The van der Waals surface area contributed by atoms with Gasteiger partial charge in [0.1, 0.15) is 10.6 Å². The number of benzene rings is 1. The Labute approximate surface area is 189 Å². The number of imide groups is 1. The summed E-state index contributed by atoms with van der Waals surface area (Å²) in [5.74, 6) is -1.11. The van der Waals surface area contributed by atoms with Crippen LogP contribution in [-0.2, 0) is 7.05 Å². The van der Waals surface area contributed by atoms with Gasteiger partial charge in [0.2, 0.25) is 0 Å². The Morgan fingerprint density at radius 1 is 1.16 bits per heavy atom. The van der Waals surface area contributed by atoms with Gasteiger partial charge < -0.3 is 0 Å². The number of hydrogen-bond acceptors (Lipinski definition) is 6. The standard InChI is InChI=1S/C22H25F2N5O2S/c1-12(2)10-13(3)15-8-6-7-9-17(15)29(22(31)19-14(4)25-27-32-19)21(30)16-11-28(5)26-18(16)20(23)24/h6-9,11-13,20H,10H2,1-5H3. The number of aromatic nitrogens is 4. The summed E-state index contributed by atoms with van der Waals surface area (Å²) >= 11 is 0.860. The fraction of sp³-hybridized carbons (Fsp3) is 0.409. The number of alkyl halides is 2. The molecule has 0 bridgehead atoms. The summed E-state index contributed by atoms with van der Waals surface area (Å²) in [7, 11) is 1.45. The fourth-order valence-corrected chi connectivity index (χ4v) is 4.32. The van der Waals surface area contributed by atoms with Gasteiger partial charge >= 0.3 is 0 Å². The highest BCUT2D eigenvalue weighted by molar-refractivity contribution is 7.08. The number of aryl methyl sites for hydroxylation is 2. The van der Waals surface area contributed by atoms with Crippen molar-refractivity contribution in [2.45, 2.75) is 46.5 Å². The van der Waals surface area contributed by atoms with Gasteiger partial charge in [-0.2, -0.15) is 5.10 Å². The summed E-state index contributed by atoms with van der Waals surface area (Å²) in [6, 6.07) is 7.05. The summed E-state index contributed by atoms with van der Waals surface area (Å²) in [6.45, 7) is 7.80. The van der Waals surface area contributed by atoms with Gasteiger partial charge in [0.05, 0.1) is 16.9 Å². The van der Waals surface area contributed by atoms with Crippen molar-refractivity contribution in [3.8, 4) is 0 Å². The molecule has 1 atom stereocenters. The van der Waals surface area contributed by atoms with E-state index >= 15 is 0 Å². The molecule has 10 heteroatoms. The summed E-state index contributed by atoms with van der Waals surface area (Å²) in [5.41, 5.74) is 0.512. The van der Waals surface area contributed by atoms with Crippen LogP contribution < -0.4 is 4.90 Å². The highest BCUT2D eigenvalue weighted by Gasteiger charge is 2.34. The molecule has 0 aliphatic rings. The van der Waals surface area contributed by atoms with E-state index in [1.165, 1.54) is 13.2 Å². The lowest BCUT2D eigenvalue weighted by atomic mass is 9.90.